The van der Waals surface area contributed by atoms with Crippen LogP contribution in [0.15, 0.2) is 24.3 Å². The number of hydrogen-bond donors (Lipinski definition) is 0. The number of alkyl halides is 1. The second-order valence-electron chi connectivity index (χ2n) is 3.35. The molecule has 2 atom stereocenters. The van der Waals surface area contributed by atoms with E-state index in [-0.39, 0.29) is 12.4 Å². The Bertz CT molecular complexity index is 329. The molecule has 0 aliphatic carbocycles. The zero-order valence-electron chi connectivity index (χ0n) is 8.48. The summed E-state index contributed by atoms with van der Waals surface area (Å²) in [7, 11) is 1.64. The summed E-state index contributed by atoms with van der Waals surface area (Å²) in [6.07, 6.45) is -0.327. The molecule has 15 heavy (non-hydrogen) atoms. The van der Waals surface area contributed by atoms with Crippen LogP contribution >= 0.6 is 11.6 Å². The van der Waals surface area contributed by atoms with Crippen LogP contribution in [0.5, 0.6) is 5.75 Å². The predicted molar refractivity (Wildman–Crippen MR) is 57.3 cm³/mol. The molecule has 0 amide bonds. The third-order valence-electron chi connectivity index (χ3n) is 2.29. The van der Waals surface area contributed by atoms with Crippen molar-refractivity contribution in [3.63, 3.8) is 0 Å². The lowest BCUT2D eigenvalue weighted by atomic mass is 10.2. The van der Waals surface area contributed by atoms with Gasteiger partial charge < -0.3 is 14.2 Å². The molecule has 1 aromatic carbocycles. The van der Waals surface area contributed by atoms with Crippen LogP contribution in [0.25, 0.3) is 0 Å². The molecule has 1 heterocycles. The molecule has 1 aliphatic heterocycles. The van der Waals surface area contributed by atoms with Crippen molar-refractivity contribution in [1.29, 1.82) is 0 Å². The number of methoxy groups -OCH3 is 1. The van der Waals surface area contributed by atoms with E-state index in [0.29, 0.717) is 12.5 Å². The molecule has 2 unspecified atom stereocenters. The van der Waals surface area contributed by atoms with Crippen LogP contribution in [0.3, 0.4) is 0 Å². The van der Waals surface area contributed by atoms with Gasteiger partial charge in [-0.15, -0.1) is 11.6 Å². The van der Waals surface area contributed by atoms with Gasteiger partial charge in [-0.3, -0.25) is 0 Å². The lowest BCUT2D eigenvalue weighted by Gasteiger charge is -2.11. The van der Waals surface area contributed by atoms with Crippen molar-refractivity contribution in [1.82, 2.24) is 0 Å². The lowest BCUT2D eigenvalue weighted by molar-refractivity contribution is -0.0568. The molecule has 0 radical (unpaired) electrons. The van der Waals surface area contributed by atoms with Crippen molar-refractivity contribution >= 4 is 11.6 Å². The van der Waals surface area contributed by atoms with E-state index >= 15 is 0 Å². The highest BCUT2D eigenvalue weighted by molar-refractivity contribution is 6.18. The van der Waals surface area contributed by atoms with Crippen LogP contribution in [-0.4, -0.2) is 25.7 Å². The van der Waals surface area contributed by atoms with Gasteiger partial charge in [-0.25, -0.2) is 0 Å². The fourth-order valence-electron chi connectivity index (χ4n) is 1.49. The number of halogens is 1. The third-order valence-corrected chi connectivity index (χ3v) is 2.63. The molecule has 1 fully saturated rings. The molecule has 0 saturated carbocycles. The van der Waals surface area contributed by atoms with E-state index < -0.39 is 0 Å². The summed E-state index contributed by atoms with van der Waals surface area (Å²) in [6.45, 7) is 0.547. The summed E-state index contributed by atoms with van der Waals surface area (Å²) >= 11 is 5.69. The number of rotatable bonds is 3. The third kappa shape index (κ3) is 2.43. The quantitative estimate of drug-likeness (QED) is 0.744. The zero-order valence-corrected chi connectivity index (χ0v) is 9.24. The van der Waals surface area contributed by atoms with Crippen molar-refractivity contribution in [2.45, 2.75) is 12.4 Å². The Morgan fingerprint density at radius 2 is 2.40 bits per heavy atom. The molecule has 1 saturated heterocycles. The van der Waals surface area contributed by atoms with E-state index in [2.05, 4.69) is 0 Å². The van der Waals surface area contributed by atoms with Crippen LogP contribution in [0, 0.1) is 0 Å². The molecule has 0 bridgehead atoms. The van der Waals surface area contributed by atoms with Crippen LogP contribution < -0.4 is 4.74 Å². The molecular formula is C11H13ClO3. The molecule has 0 spiro atoms. The molecule has 3 nitrogen and oxygen atoms in total. The van der Waals surface area contributed by atoms with E-state index in [1.54, 1.807) is 7.11 Å². The second-order valence-corrected chi connectivity index (χ2v) is 3.66. The largest absolute Gasteiger partial charge is 0.497 e. The zero-order chi connectivity index (χ0) is 10.7. The van der Waals surface area contributed by atoms with Gasteiger partial charge in [0.1, 0.15) is 5.75 Å². The van der Waals surface area contributed by atoms with Gasteiger partial charge in [0.15, 0.2) is 6.29 Å². The van der Waals surface area contributed by atoms with Gasteiger partial charge in [-0.2, -0.15) is 0 Å². The predicted octanol–water partition coefficient (Wildman–Crippen LogP) is 2.35. The molecule has 82 valence electrons. The Hall–Kier alpha value is -0.770. The summed E-state index contributed by atoms with van der Waals surface area (Å²) in [4.78, 5) is 0. The summed E-state index contributed by atoms with van der Waals surface area (Å²) < 4.78 is 16.2. The fraction of sp³-hybridized carbons (Fsp3) is 0.455. The fourth-order valence-corrected chi connectivity index (χ4v) is 1.65. The average molecular weight is 229 g/mol. The number of benzene rings is 1. The first kappa shape index (κ1) is 10.7. The Kier molecular flexibility index (Phi) is 3.46. The van der Waals surface area contributed by atoms with Crippen molar-refractivity contribution in [3.05, 3.63) is 29.8 Å². The molecule has 0 aromatic heterocycles. The number of hydrogen-bond acceptors (Lipinski definition) is 3. The van der Waals surface area contributed by atoms with Gasteiger partial charge in [0, 0.05) is 5.56 Å². The van der Waals surface area contributed by atoms with Crippen molar-refractivity contribution in [2.24, 2.45) is 0 Å². The average Bonchev–Trinajstić information content (AvgIpc) is 2.78. The van der Waals surface area contributed by atoms with Crippen molar-refractivity contribution in [3.8, 4) is 5.75 Å². The van der Waals surface area contributed by atoms with Crippen LogP contribution in [0.4, 0.5) is 0 Å². The summed E-state index contributed by atoms with van der Waals surface area (Å²) in [6, 6.07) is 7.65. The van der Waals surface area contributed by atoms with E-state index in [1.165, 1.54) is 0 Å². The van der Waals surface area contributed by atoms with Gasteiger partial charge in [0.2, 0.25) is 0 Å². The first-order valence-corrected chi connectivity index (χ1v) is 5.34. The van der Waals surface area contributed by atoms with Gasteiger partial charge in [-0.1, -0.05) is 12.1 Å². The standard InChI is InChI=1S/C11H13ClO3/c1-13-9-4-2-3-8(5-9)11-14-7-10(6-12)15-11/h2-5,10-11H,6-7H2,1H3. The minimum Gasteiger partial charge on any atom is -0.497 e. The molecule has 1 aliphatic rings. The van der Waals surface area contributed by atoms with Gasteiger partial charge in [0.25, 0.3) is 0 Å². The molecular weight excluding hydrogens is 216 g/mol. The monoisotopic (exact) mass is 228 g/mol. The lowest BCUT2D eigenvalue weighted by Crippen LogP contribution is -2.10. The van der Waals surface area contributed by atoms with Crippen LogP contribution in [0.2, 0.25) is 0 Å². The maximum atomic E-state index is 5.69. The maximum absolute atomic E-state index is 5.69. The van der Waals surface area contributed by atoms with Gasteiger partial charge in [-0.05, 0) is 12.1 Å². The maximum Gasteiger partial charge on any atom is 0.184 e. The minimum atomic E-state index is -0.316. The highest BCUT2D eigenvalue weighted by Crippen LogP contribution is 2.29. The SMILES string of the molecule is COc1cccc(C2OCC(CCl)O2)c1. The normalized spacial score (nSPS) is 25.5. The Labute approximate surface area is 93.9 Å². The minimum absolute atomic E-state index is 0.0112. The molecule has 2 rings (SSSR count). The summed E-state index contributed by atoms with van der Waals surface area (Å²) in [5.74, 6) is 1.26. The van der Waals surface area contributed by atoms with E-state index in [9.17, 15) is 0 Å². The molecule has 0 N–H and O–H groups in total. The van der Waals surface area contributed by atoms with Crippen molar-refractivity contribution in [2.75, 3.05) is 19.6 Å². The highest BCUT2D eigenvalue weighted by Gasteiger charge is 2.26. The van der Waals surface area contributed by atoms with Crippen molar-refractivity contribution < 1.29 is 14.2 Å². The summed E-state index contributed by atoms with van der Waals surface area (Å²) in [5.41, 5.74) is 0.960. The Morgan fingerprint density at radius 1 is 1.53 bits per heavy atom. The Morgan fingerprint density at radius 3 is 3.07 bits per heavy atom. The van der Waals surface area contributed by atoms with Gasteiger partial charge >= 0.3 is 0 Å². The summed E-state index contributed by atoms with van der Waals surface area (Å²) in [5, 5.41) is 0. The first-order chi connectivity index (χ1) is 7.33. The van der Waals surface area contributed by atoms with E-state index in [4.69, 9.17) is 25.8 Å². The van der Waals surface area contributed by atoms with Crippen LogP contribution in [0.1, 0.15) is 11.9 Å². The molecule has 4 heteroatoms. The second kappa shape index (κ2) is 4.84. The molecule has 1 aromatic rings. The number of ether oxygens (including phenoxy) is 3. The van der Waals surface area contributed by atoms with Crippen LogP contribution in [-0.2, 0) is 9.47 Å². The van der Waals surface area contributed by atoms with E-state index in [0.717, 1.165) is 11.3 Å². The topological polar surface area (TPSA) is 27.7 Å². The van der Waals surface area contributed by atoms with Gasteiger partial charge in [0.05, 0.1) is 25.7 Å². The first-order valence-electron chi connectivity index (χ1n) is 4.80. The smallest absolute Gasteiger partial charge is 0.184 e. The highest BCUT2D eigenvalue weighted by atomic mass is 35.5. The Balaban J connectivity index is 2.09. The van der Waals surface area contributed by atoms with E-state index in [1.807, 2.05) is 24.3 Å².